The van der Waals surface area contributed by atoms with Crippen molar-refractivity contribution in [1.82, 2.24) is 5.32 Å². The summed E-state index contributed by atoms with van der Waals surface area (Å²) >= 11 is 5.99. The van der Waals surface area contributed by atoms with Crippen LogP contribution in [0.3, 0.4) is 0 Å². The molecule has 0 aliphatic heterocycles. The van der Waals surface area contributed by atoms with Gasteiger partial charge in [-0.25, -0.2) is 0 Å². The van der Waals surface area contributed by atoms with E-state index in [1.165, 1.54) is 7.11 Å². The Hall–Kier alpha value is -1.46. The molecule has 1 aromatic carbocycles. The van der Waals surface area contributed by atoms with E-state index in [1.807, 2.05) is 6.92 Å². The molecule has 0 aromatic heterocycles. The molecule has 3 N–H and O–H groups in total. The lowest BCUT2D eigenvalue weighted by atomic mass is 10.1. The van der Waals surface area contributed by atoms with Crippen LogP contribution >= 0.6 is 11.6 Å². The molecule has 19 heavy (non-hydrogen) atoms. The maximum atomic E-state index is 11.4. The van der Waals surface area contributed by atoms with E-state index in [0.717, 1.165) is 5.56 Å². The van der Waals surface area contributed by atoms with Gasteiger partial charge in [0.15, 0.2) is 18.1 Å². The second-order valence-corrected chi connectivity index (χ2v) is 4.31. The van der Waals surface area contributed by atoms with Gasteiger partial charge in [0.2, 0.25) is 0 Å². The Bertz CT molecular complexity index is 438. The summed E-state index contributed by atoms with van der Waals surface area (Å²) in [6.07, 6.45) is 0.599. The van der Waals surface area contributed by atoms with Gasteiger partial charge in [0.05, 0.1) is 7.11 Å². The van der Waals surface area contributed by atoms with Gasteiger partial charge in [0.25, 0.3) is 5.91 Å². The second-order valence-electron chi connectivity index (χ2n) is 3.88. The number of carbonyl (C=O) groups excluding carboxylic acids is 1. The van der Waals surface area contributed by atoms with Crippen LogP contribution in [0.1, 0.15) is 12.5 Å². The third-order valence-corrected chi connectivity index (χ3v) is 2.67. The zero-order valence-electron chi connectivity index (χ0n) is 11.2. The average Bonchev–Trinajstić information content (AvgIpc) is 2.37. The van der Waals surface area contributed by atoms with E-state index >= 15 is 0 Å². The molecule has 0 spiro atoms. The number of likely N-dealkylation sites (N-methyl/N-ethyl adjacent to an activating group) is 1. The molecule has 106 valence electrons. The molecule has 0 heterocycles. The Morgan fingerprint density at radius 2 is 2.21 bits per heavy atom. The van der Waals surface area contributed by atoms with Gasteiger partial charge >= 0.3 is 0 Å². The van der Waals surface area contributed by atoms with Crippen LogP contribution in [0.4, 0.5) is 0 Å². The number of ether oxygens (including phenoxy) is 2. The van der Waals surface area contributed by atoms with Crippen molar-refractivity contribution in [2.24, 2.45) is 5.73 Å². The first-order valence-corrected chi connectivity index (χ1v) is 6.46. The van der Waals surface area contributed by atoms with Crippen molar-refractivity contribution in [3.8, 4) is 11.5 Å². The predicted octanol–water partition coefficient (Wildman–Crippen LogP) is 1.36. The molecule has 0 aliphatic rings. The van der Waals surface area contributed by atoms with Crippen LogP contribution in [-0.2, 0) is 11.2 Å². The first kappa shape index (κ1) is 15.6. The van der Waals surface area contributed by atoms with Crippen molar-refractivity contribution < 1.29 is 14.3 Å². The Balaban J connectivity index is 2.92. The van der Waals surface area contributed by atoms with Crippen LogP contribution in [0, 0.1) is 0 Å². The van der Waals surface area contributed by atoms with Gasteiger partial charge < -0.3 is 20.5 Å². The van der Waals surface area contributed by atoms with E-state index in [4.69, 9.17) is 26.8 Å². The lowest BCUT2D eigenvalue weighted by Crippen LogP contribution is -2.28. The molecule has 0 aliphatic carbocycles. The summed E-state index contributed by atoms with van der Waals surface area (Å²) in [6, 6.07) is 3.42. The zero-order chi connectivity index (χ0) is 14.3. The summed E-state index contributed by atoms with van der Waals surface area (Å²) in [6.45, 7) is 2.81. The first-order valence-electron chi connectivity index (χ1n) is 6.08. The van der Waals surface area contributed by atoms with Crippen molar-refractivity contribution in [3.05, 3.63) is 22.7 Å². The highest BCUT2D eigenvalue weighted by Crippen LogP contribution is 2.34. The molecule has 0 fully saturated rings. The number of rotatable bonds is 7. The molecule has 5 nitrogen and oxygen atoms in total. The largest absolute Gasteiger partial charge is 0.493 e. The summed E-state index contributed by atoms with van der Waals surface area (Å²) in [5.74, 6) is 0.835. The number of amides is 1. The van der Waals surface area contributed by atoms with E-state index in [9.17, 15) is 4.79 Å². The Labute approximate surface area is 118 Å². The van der Waals surface area contributed by atoms with E-state index in [2.05, 4.69) is 5.32 Å². The fourth-order valence-electron chi connectivity index (χ4n) is 1.67. The standard InChI is InChI=1S/C13H19ClN2O3/c1-3-16-12(17)8-19-13-9(4-5-15)6-10(14)7-11(13)18-2/h6-7H,3-5,8,15H2,1-2H3,(H,16,17). The number of methoxy groups -OCH3 is 1. The minimum Gasteiger partial charge on any atom is -0.493 e. The van der Waals surface area contributed by atoms with Crippen molar-refractivity contribution in [1.29, 1.82) is 0 Å². The van der Waals surface area contributed by atoms with Crippen molar-refractivity contribution in [2.45, 2.75) is 13.3 Å². The molecule has 1 aromatic rings. The van der Waals surface area contributed by atoms with Crippen LogP contribution < -0.4 is 20.5 Å². The normalized spacial score (nSPS) is 10.1. The Kier molecular flexibility index (Phi) is 6.45. The third kappa shape index (κ3) is 4.61. The van der Waals surface area contributed by atoms with E-state index in [-0.39, 0.29) is 12.5 Å². The number of halogens is 1. The van der Waals surface area contributed by atoms with E-state index < -0.39 is 0 Å². The van der Waals surface area contributed by atoms with Crippen LogP contribution in [0.5, 0.6) is 11.5 Å². The number of hydrogen-bond donors (Lipinski definition) is 2. The zero-order valence-corrected chi connectivity index (χ0v) is 11.9. The van der Waals surface area contributed by atoms with E-state index in [0.29, 0.717) is 36.0 Å². The topological polar surface area (TPSA) is 73.6 Å². The first-order chi connectivity index (χ1) is 9.12. The molecular weight excluding hydrogens is 268 g/mol. The van der Waals surface area contributed by atoms with Gasteiger partial charge in [-0.05, 0) is 26.0 Å². The molecule has 1 amide bonds. The maximum Gasteiger partial charge on any atom is 0.257 e. The van der Waals surface area contributed by atoms with Crippen molar-refractivity contribution >= 4 is 17.5 Å². The second kappa shape index (κ2) is 7.86. The minimum absolute atomic E-state index is 0.0661. The van der Waals surface area contributed by atoms with Gasteiger partial charge in [-0.1, -0.05) is 11.6 Å². The lowest BCUT2D eigenvalue weighted by molar-refractivity contribution is -0.123. The van der Waals surface area contributed by atoms with Crippen LogP contribution in [0.2, 0.25) is 5.02 Å². The monoisotopic (exact) mass is 286 g/mol. The molecular formula is C13H19ClN2O3. The summed E-state index contributed by atoms with van der Waals surface area (Å²) in [7, 11) is 1.52. The highest BCUT2D eigenvalue weighted by molar-refractivity contribution is 6.30. The fraction of sp³-hybridized carbons (Fsp3) is 0.462. The quantitative estimate of drug-likeness (QED) is 0.794. The fourth-order valence-corrected chi connectivity index (χ4v) is 1.90. The molecule has 0 saturated carbocycles. The van der Waals surface area contributed by atoms with Crippen molar-refractivity contribution in [2.75, 3.05) is 26.8 Å². The third-order valence-electron chi connectivity index (χ3n) is 2.45. The molecule has 0 atom stereocenters. The van der Waals surface area contributed by atoms with Gasteiger partial charge in [0, 0.05) is 23.2 Å². The predicted molar refractivity (Wildman–Crippen MR) is 74.9 cm³/mol. The highest BCUT2D eigenvalue weighted by Gasteiger charge is 2.13. The Morgan fingerprint density at radius 3 is 2.79 bits per heavy atom. The molecule has 6 heteroatoms. The summed E-state index contributed by atoms with van der Waals surface area (Å²) < 4.78 is 10.8. The lowest BCUT2D eigenvalue weighted by Gasteiger charge is -2.15. The number of hydrogen-bond acceptors (Lipinski definition) is 4. The summed E-state index contributed by atoms with van der Waals surface area (Å²) in [5, 5.41) is 3.21. The number of benzene rings is 1. The van der Waals surface area contributed by atoms with Crippen LogP contribution in [0.25, 0.3) is 0 Å². The Morgan fingerprint density at radius 1 is 1.47 bits per heavy atom. The maximum absolute atomic E-state index is 11.4. The molecule has 0 unspecified atom stereocenters. The average molecular weight is 287 g/mol. The van der Waals surface area contributed by atoms with Crippen LogP contribution in [-0.4, -0.2) is 32.7 Å². The summed E-state index contributed by atoms with van der Waals surface area (Å²) in [5.41, 5.74) is 6.39. The SMILES string of the molecule is CCNC(=O)COc1c(CCN)cc(Cl)cc1OC. The smallest absolute Gasteiger partial charge is 0.257 e. The van der Waals surface area contributed by atoms with E-state index in [1.54, 1.807) is 12.1 Å². The molecule has 0 radical (unpaired) electrons. The number of nitrogens with two attached hydrogens (primary N) is 1. The molecule has 1 rings (SSSR count). The molecule has 0 saturated heterocycles. The van der Waals surface area contributed by atoms with Gasteiger partial charge in [-0.3, -0.25) is 4.79 Å². The molecule has 0 bridgehead atoms. The van der Waals surface area contributed by atoms with Gasteiger partial charge in [0.1, 0.15) is 0 Å². The number of carbonyl (C=O) groups is 1. The van der Waals surface area contributed by atoms with Gasteiger partial charge in [-0.15, -0.1) is 0 Å². The van der Waals surface area contributed by atoms with Crippen molar-refractivity contribution in [3.63, 3.8) is 0 Å². The highest BCUT2D eigenvalue weighted by atomic mass is 35.5. The van der Waals surface area contributed by atoms with Gasteiger partial charge in [-0.2, -0.15) is 0 Å². The summed E-state index contributed by atoms with van der Waals surface area (Å²) in [4.78, 5) is 11.4. The minimum atomic E-state index is -0.182. The number of nitrogens with one attached hydrogen (secondary N) is 1. The van der Waals surface area contributed by atoms with Crippen LogP contribution in [0.15, 0.2) is 12.1 Å².